The quantitative estimate of drug-likeness (QED) is 0.381. The predicted molar refractivity (Wildman–Crippen MR) is 114 cm³/mol. The predicted octanol–water partition coefficient (Wildman–Crippen LogP) is 4.56. The van der Waals surface area contributed by atoms with Crippen LogP contribution in [0.15, 0.2) is 59.8 Å². The number of hydrogen-bond donors (Lipinski definition) is 1. The number of nitrogens with zero attached hydrogens (tertiary/aromatic N) is 2. The highest BCUT2D eigenvalue weighted by Crippen LogP contribution is 2.26. The monoisotopic (exact) mass is 397 g/mol. The molecular weight excluding hydrogens is 370 g/mol. The molecule has 148 valence electrons. The summed E-state index contributed by atoms with van der Waals surface area (Å²) < 4.78 is 7.54. The summed E-state index contributed by atoms with van der Waals surface area (Å²) in [5, 5.41) is 3.00. The van der Waals surface area contributed by atoms with Crippen LogP contribution < -0.4 is 5.32 Å². The van der Waals surface area contributed by atoms with Crippen LogP contribution >= 0.6 is 11.8 Å². The summed E-state index contributed by atoms with van der Waals surface area (Å²) in [6.07, 6.45) is 7.07. The van der Waals surface area contributed by atoms with E-state index in [1.807, 2.05) is 59.3 Å². The molecule has 0 atom stereocenters. The molecule has 0 aliphatic rings. The first kappa shape index (κ1) is 20.4. The molecular formula is C22H27N3O2S. The molecule has 1 N–H and O–H groups in total. The molecule has 5 nitrogen and oxygen atoms in total. The Morgan fingerprint density at radius 2 is 1.96 bits per heavy atom. The number of aromatic nitrogens is 2. The number of fused-ring (bicyclic) bond motifs is 1. The third-order valence-electron chi connectivity index (χ3n) is 4.31. The lowest BCUT2D eigenvalue weighted by atomic mass is 10.2. The first-order valence-electron chi connectivity index (χ1n) is 9.78. The molecule has 1 amide bonds. The Kier molecular flexibility index (Phi) is 7.94. The maximum Gasteiger partial charge on any atom is 0.252 e. The van der Waals surface area contributed by atoms with E-state index in [9.17, 15) is 4.79 Å². The van der Waals surface area contributed by atoms with Crippen LogP contribution in [0, 0.1) is 0 Å². The maximum absolute atomic E-state index is 12.6. The number of imidazole rings is 1. The molecule has 28 heavy (non-hydrogen) atoms. The third kappa shape index (κ3) is 5.84. The number of pyridine rings is 1. The maximum atomic E-state index is 12.6. The third-order valence-corrected chi connectivity index (χ3v) is 5.42. The van der Waals surface area contributed by atoms with Crippen LogP contribution in [0.25, 0.3) is 5.65 Å². The van der Waals surface area contributed by atoms with E-state index in [0.717, 1.165) is 47.9 Å². The molecule has 3 rings (SSSR count). The number of carbonyl (C=O) groups excluding carboxylic acids is 1. The Bertz CT molecular complexity index is 861. The molecule has 1 aromatic carbocycles. The lowest BCUT2D eigenvalue weighted by molar-refractivity contribution is 0.0937. The number of carbonyl (C=O) groups is 1. The average Bonchev–Trinajstić information content (AvgIpc) is 3.14. The van der Waals surface area contributed by atoms with Crippen LogP contribution in [0.1, 0.15) is 42.2 Å². The summed E-state index contributed by atoms with van der Waals surface area (Å²) in [5.41, 5.74) is 2.64. The van der Waals surface area contributed by atoms with Crippen LogP contribution in [0.2, 0.25) is 0 Å². The smallest absolute Gasteiger partial charge is 0.252 e. The fourth-order valence-electron chi connectivity index (χ4n) is 2.81. The van der Waals surface area contributed by atoms with Crippen molar-refractivity contribution in [3.63, 3.8) is 0 Å². The van der Waals surface area contributed by atoms with Gasteiger partial charge in [-0.05, 0) is 37.1 Å². The lowest BCUT2D eigenvalue weighted by Crippen LogP contribution is -2.25. The van der Waals surface area contributed by atoms with Gasteiger partial charge in [0.15, 0.2) is 0 Å². The van der Waals surface area contributed by atoms with Crippen LogP contribution in [0.4, 0.5) is 0 Å². The first-order chi connectivity index (χ1) is 13.8. The van der Waals surface area contributed by atoms with Crippen molar-refractivity contribution in [2.45, 2.75) is 36.8 Å². The van der Waals surface area contributed by atoms with Crippen LogP contribution in [0.3, 0.4) is 0 Å². The van der Waals surface area contributed by atoms with E-state index < -0.39 is 0 Å². The molecule has 0 spiro atoms. The fraction of sp³-hybridized carbons (Fsp3) is 0.364. The van der Waals surface area contributed by atoms with Gasteiger partial charge in [0.05, 0.1) is 11.3 Å². The zero-order chi connectivity index (χ0) is 19.6. The second-order valence-electron chi connectivity index (χ2n) is 6.56. The Labute approximate surface area is 170 Å². The first-order valence-corrected chi connectivity index (χ1v) is 10.8. The van der Waals surface area contributed by atoms with E-state index in [0.29, 0.717) is 18.7 Å². The van der Waals surface area contributed by atoms with Gasteiger partial charge in [0.1, 0.15) is 5.65 Å². The van der Waals surface area contributed by atoms with E-state index in [-0.39, 0.29) is 5.91 Å². The molecule has 2 aromatic heterocycles. The van der Waals surface area contributed by atoms with Gasteiger partial charge in [0.2, 0.25) is 0 Å². The van der Waals surface area contributed by atoms with Gasteiger partial charge < -0.3 is 14.5 Å². The van der Waals surface area contributed by atoms with Crippen LogP contribution in [-0.2, 0) is 10.5 Å². The Morgan fingerprint density at radius 3 is 2.82 bits per heavy atom. The van der Waals surface area contributed by atoms with E-state index in [4.69, 9.17) is 4.74 Å². The number of thioether (sulfide) groups is 1. The molecule has 0 saturated carbocycles. The molecule has 0 unspecified atom stereocenters. The van der Waals surface area contributed by atoms with Crippen molar-refractivity contribution in [2.75, 3.05) is 19.8 Å². The van der Waals surface area contributed by atoms with E-state index in [2.05, 4.69) is 17.2 Å². The molecule has 0 aliphatic carbocycles. The van der Waals surface area contributed by atoms with Gasteiger partial charge in [0.25, 0.3) is 5.91 Å². The molecule has 0 saturated heterocycles. The summed E-state index contributed by atoms with van der Waals surface area (Å²) in [5.74, 6) is 0.684. The van der Waals surface area contributed by atoms with Crippen molar-refractivity contribution in [1.29, 1.82) is 0 Å². The molecule has 0 bridgehead atoms. The number of nitrogens with one attached hydrogen (secondary N) is 1. The van der Waals surface area contributed by atoms with Gasteiger partial charge in [-0.2, -0.15) is 0 Å². The topological polar surface area (TPSA) is 55.6 Å². The van der Waals surface area contributed by atoms with Gasteiger partial charge in [-0.25, -0.2) is 4.98 Å². The van der Waals surface area contributed by atoms with Gasteiger partial charge in [0, 0.05) is 42.8 Å². The minimum atomic E-state index is -0.0355. The number of benzene rings is 1. The standard InChI is InChI=1S/C22H27N3O2S/c1-2-3-14-27-15-8-12-23-22(26)19-9-4-5-10-20(19)28-17-18-16-25-13-7-6-11-21(25)24-18/h4-7,9-11,13,16H,2-3,8,12,14-15,17H2,1H3,(H,23,26). The SMILES string of the molecule is CCCCOCCCNC(=O)c1ccccc1SCc1cn2ccccc2n1. The Balaban J connectivity index is 1.51. The van der Waals surface area contributed by atoms with Gasteiger partial charge in [-0.15, -0.1) is 11.8 Å². The highest BCUT2D eigenvalue weighted by molar-refractivity contribution is 7.98. The minimum absolute atomic E-state index is 0.0355. The number of unbranched alkanes of at least 4 members (excludes halogenated alkanes) is 1. The lowest BCUT2D eigenvalue weighted by Gasteiger charge is -2.10. The summed E-state index contributed by atoms with van der Waals surface area (Å²) in [4.78, 5) is 18.2. The van der Waals surface area contributed by atoms with Gasteiger partial charge in [-0.3, -0.25) is 4.79 Å². The highest BCUT2D eigenvalue weighted by Gasteiger charge is 2.12. The van der Waals surface area contributed by atoms with Crippen molar-refractivity contribution in [3.05, 3.63) is 66.1 Å². The second kappa shape index (κ2) is 10.9. The number of rotatable bonds is 11. The van der Waals surface area contributed by atoms with Gasteiger partial charge >= 0.3 is 0 Å². The molecule has 2 heterocycles. The Morgan fingerprint density at radius 1 is 1.14 bits per heavy atom. The molecule has 6 heteroatoms. The van der Waals surface area contributed by atoms with E-state index in [1.54, 1.807) is 11.8 Å². The minimum Gasteiger partial charge on any atom is -0.381 e. The Hall–Kier alpha value is -2.31. The van der Waals surface area contributed by atoms with Gasteiger partial charge in [-0.1, -0.05) is 31.5 Å². The highest BCUT2D eigenvalue weighted by atomic mass is 32.2. The summed E-state index contributed by atoms with van der Waals surface area (Å²) in [6, 6.07) is 13.7. The van der Waals surface area contributed by atoms with E-state index >= 15 is 0 Å². The summed E-state index contributed by atoms with van der Waals surface area (Å²) >= 11 is 1.64. The van der Waals surface area contributed by atoms with Crippen LogP contribution in [0.5, 0.6) is 0 Å². The van der Waals surface area contributed by atoms with Crippen molar-refractivity contribution < 1.29 is 9.53 Å². The summed E-state index contributed by atoms with van der Waals surface area (Å²) in [6.45, 7) is 4.25. The van der Waals surface area contributed by atoms with E-state index in [1.165, 1.54) is 0 Å². The molecule has 0 radical (unpaired) electrons. The number of ether oxygens (including phenoxy) is 1. The number of amides is 1. The van der Waals surface area contributed by atoms with Crippen molar-refractivity contribution in [2.24, 2.45) is 0 Å². The second-order valence-corrected chi connectivity index (χ2v) is 7.58. The fourth-order valence-corrected chi connectivity index (χ4v) is 3.74. The number of hydrogen-bond acceptors (Lipinski definition) is 4. The average molecular weight is 398 g/mol. The van der Waals surface area contributed by atoms with Crippen molar-refractivity contribution >= 4 is 23.3 Å². The largest absolute Gasteiger partial charge is 0.381 e. The van der Waals surface area contributed by atoms with Crippen molar-refractivity contribution in [3.8, 4) is 0 Å². The van der Waals surface area contributed by atoms with Crippen LogP contribution in [-0.4, -0.2) is 35.1 Å². The molecule has 0 fully saturated rings. The molecule has 0 aliphatic heterocycles. The zero-order valence-electron chi connectivity index (χ0n) is 16.3. The summed E-state index contributed by atoms with van der Waals surface area (Å²) in [7, 11) is 0. The molecule has 3 aromatic rings. The normalized spacial score (nSPS) is 11.0. The zero-order valence-corrected chi connectivity index (χ0v) is 17.1. The van der Waals surface area contributed by atoms with Crippen molar-refractivity contribution in [1.82, 2.24) is 14.7 Å².